The third kappa shape index (κ3) is 4.31. The lowest BCUT2D eigenvalue weighted by atomic mass is 10.0. The maximum Gasteiger partial charge on any atom is 0.216 e. The Morgan fingerprint density at radius 2 is 2.05 bits per heavy atom. The highest BCUT2D eigenvalue weighted by Gasteiger charge is 2.27. The molecular formula is C13H18N2O3S. The molecule has 0 aliphatic carbocycles. The average molecular weight is 282 g/mol. The number of hydrogen-bond acceptors (Lipinski definition) is 4. The number of sulfonamides is 1. The summed E-state index contributed by atoms with van der Waals surface area (Å²) >= 11 is 0. The molecule has 1 aromatic rings. The van der Waals surface area contributed by atoms with Gasteiger partial charge < -0.3 is 5.11 Å². The van der Waals surface area contributed by atoms with Crippen molar-refractivity contribution in [3.8, 4) is 6.07 Å². The molecule has 0 saturated carbocycles. The number of nitrogens with one attached hydrogen (secondary N) is 1. The Morgan fingerprint density at radius 3 is 2.58 bits per heavy atom. The van der Waals surface area contributed by atoms with Gasteiger partial charge in [-0.15, -0.1) is 0 Å². The van der Waals surface area contributed by atoms with Crippen molar-refractivity contribution in [3.63, 3.8) is 0 Å². The van der Waals surface area contributed by atoms with E-state index in [0.29, 0.717) is 17.5 Å². The van der Waals surface area contributed by atoms with Gasteiger partial charge in [-0.05, 0) is 25.0 Å². The normalized spacial score (nSPS) is 14.6. The van der Waals surface area contributed by atoms with Crippen molar-refractivity contribution >= 4 is 10.0 Å². The Hall–Kier alpha value is -1.42. The van der Waals surface area contributed by atoms with Crippen molar-refractivity contribution in [2.45, 2.75) is 31.6 Å². The molecule has 0 aliphatic rings. The van der Waals surface area contributed by atoms with E-state index < -0.39 is 15.6 Å². The van der Waals surface area contributed by atoms with E-state index in [0.717, 1.165) is 0 Å². The predicted octanol–water partition coefficient (Wildman–Crippen LogP) is 1.14. The van der Waals surface area contributed by atoms with Gasteiger partial charge in [0.1, 0.15) is 0 Å². The number of benzene rings is 1. The minimum absolute atomic E-state index is 0.272. The summed E-state index contributed by atoms with van der Waals surface area (Å²) in [6.45, 7) is 3.16. The lowest BCUT2D eigenvalue weighted by Crippen LogP contribution is -2.48. The number of aliphatic hydroxyl groups is 1. The van der Waals surface area contributed by atoms with Gasteiger partial charge in [0.05, 0.1) is 29.5 Å². The van der Waals surface area contributed by atoms with Crippen LogP contribution in [0.4, 0.5) is 0 Å². The topological polar surface area (TPSA) is 90.2 Å². The third-order valence-corrected chi connectivity index (χ3v) is 4.51. The molecule has 0 heterocycles. The standard InChI is InChI=1S/C13H18N2O3S/c1-3-13(2,10-16)15-19(17,18)9-12-7-5-4-6-11(12)8-14/h4-7,15-16H,3,9-10H2,1-2H3. The van der Waals surface area contributed by atoms with Crippen LogP contribution in [0, 0.1) is 11.3 Å². The first-order valence-corrected chi connectivity index (χ1v) is 7.61. The van der Waals surface area contributed by atoms with Crippen molar-refractivity contribution in [3.05, 3.63) is 35.4 Å². The summed E-state index contributed by atoms with van der Waals surface area (Å²) in [5.41, 5.74) is -0.0792. The van der Waals surface area contributed by atoms with Crippen molar-refractivity contribution in [1.82, 2.24) is 4.72 Å². The van der Waals surface area contributed by atoms with E-state index in [4.69, 9.17) is 5.26 Å². The number of nitriles is 1. The fourth-order valence-electron chi connectivity index (χ4n) is 1.59. The Labute approximate surface area is 113 Å². The fraction of sp³-hybridized carbons (Fsp3) is 0.462. The quantitative estimate of drug-likeness (QED) is 0.818. The first kappa shape index (κ1) is 15.6. The van der Waals surface area contributed by atoms with Crippen LogP contribution in [0.3, 0.4) is 0 Å². The zero-order valence-corrected chi connectivity index (χ0v) is 11.9. The Balaban J connectivity index is 2.95. The van der Waals surface area contributed by atoms with Gasteiger partial charge in [0.2, 0.25) is 10.0 Å². The van der Waals surface area contributed by atoms with E-state index >= 15 is 0 Å². The highest BCUT2D eigenvalue weighted by Crippen LogP contribution is 2.15. The molecule has 1 aromatic carbocycles. The molecule has 0 spiro atoms. The van der Waals surface area contributed by atoms with Crippen LogP contribution >= 0.6 is 0 Å². The summed E-state index contributed by atoms with van der Waals surface area (Å²) < 4.78 is 26.6. The highest BCUT2D eigenvalue weighted by molar-refractivity contribution is 7.88. The van der Waals surface area contributed by atoms with Gasteiger partial charge in [-0.25, -0.2) is 13.1 Å². The maximum absolute atomic E-state index is 12.1. The monoisotopic (exact) mass is 282 g/mol. The van der Waals surface area contributed by atoms with Crippen molar-refractivity contribution < 1.29 is 13.5 Å². The van der Waals surface area contributed by atoms with Crippen molar-refractivity contribution in [1.29, 1.82) is 5.26 Å². The largest absolute Gasteiger partial charge is 0.394 e. The van der Waals surface area contributed by atoms with E-state index in [1.807, 2.05) is 6.07 Å². The second-order valence-corrected chi connectivity index (χ2v) is 6.42. The van der Waals surface area contributed by atoms with E-state index in [1.54, 1.807) is 38.1 Å². The molecule has 19 heavy (non-hydrogen) atoms. The second kappa shape index (κ2) is 6.15. The molecule has 0 radical (unpaired) electrons. The molecule has 1 rings (SSSR count). The fourth-order valence-corrected chi connectivity index (χ4v) is 3.28. The molecular weight excluding hydrogens is 264 g/mol. The second-order valence-electron chi connectivity index (χ2n) is 4.70. The average Bonchev–Trinajstić information content (AvgIpc) is 2.38. The molecule has 5 nitrogen and oxygen atoms in total. The summed E-state index contributed by atoms with van der Waals surface area (Å²) in [6, 6.07) is 8.54. The number of nitrogens with zero attached hydrogens (tertiary/aromatic N) is 1. The minimum Gasteiger partial charge on any atom is -0.394 e. The lowest BCUT2D eigenvalue weighted by molar-refractivity contribution is 0.191. The Bertz CT molecular complexity index is 572. The van der Waals surface area contributed by atoms with Crippen LogP contribution in [0.5, 0.6) is 0 Å². The molecule has 0 aliphatic heterocycles. The molecule has 6 heteroatoms. The molecule has 0 aromatic heterocycles. The number of aliphatic hydroxyl groups excluding tert-OH is 1. The van der Waals surface area contributed by atoms with Crippen LogP contribution in [0.25, 0.3) is 0 Å². The molecule has 1 unspecified atom stereocenters. The highest BCUT2D eigenvalue weighted by atomic mass is 32.2. The summed E-state index contributed by atoms with van der Waals surface area (Å²) in [5, 5.41) is 18.2. The van der Waals surface area contributed by atoms with Crippen LogP contribution in [0.1, 0.15) is 31.4 Å². The summed E-state index contributed by atoms with van der Waals surface area (Å²) in [4.78, 5) is 0. The zero-order valence-electron chi connectivity index (χ0n) is 11.0. The zero-order chi connectivity index (χ0) is 14.5. The van der Waals surface area contributed by atoms with Gasteiger partial charge in [0.15, 0.2) is 0 Å². The van der Waals surface area contributed by atoms with Crippen LogP contribution in [0.2, 0.25) is 0 Å². The minimum atomic E-state index is -3.61. The third-order valence-electron chi connectivity index (χ3n) is 3.01. The SMILES string of the molecule is CCC(C)(CO)NS(=O)(=O)Cc1ccccc1C#N. The van der Waals surface area contributed by atoms with Gasteiger partial charge in [0, 0.05) is 0 Å². The van der Waals surface area contributed by atoms with Crippen LogP contribution in [0.15, 0.2) is 24.3 Å². The summed E-state index contributed by atoms with van der Waals surface area (Å²) in [6.07, 6.45) is 0.475. The van der Waals surface area contributed by atoms with E-state index in [9.17, 15) is 13.5 Å². The van der Waals surface area contributed by atoms with Crippen LogP contribution < -0.4 is 4.72 Å². The van der Waals surface area contributed by atoms with Crippen molar-refractivity contribution in [2.24, 2.45) is 0 Å². The van der Waals surface area contributed by atoms with Gasteiger partial charge in [-0.2, -0.15) is 5.26 Å². The van der Waals surface area contributed by atoms with Crippen LogP contribution in [-0.2, 0) is 15.8 Å². The molecule has 0 fully saturated rings. The molecule has 0 bridgehead atoms. The van der Waals surface area contributed by atoms with E-state index in [1.165, 1.54) is 0 Å². The van der Waals surface area contributed by atoms with Gasteiger partial charge in [-0.1, -0.05) is 25.1 Å². The molecule has 104 valence electrons. The van der Waals surface area contributed by atoms with Gasteiger partial charge in [-0.3, -0.25) is 0 Å². The maximum atomic E-state index is 12.1. The Kier molecular flexibility index (Phi) is 5.06. The van der Waals surface area contributed by atoms with E-state index in [2.05, 4.69) is 4.72 Å². The molecule has 2 N–H and O–H groups in total. The summed E-state index contributed by atoms with van der Waals surface area (Å²) in [5.74, 6) is -0.272. The van der Waals surface area contributed by atoms with Crippen molar-refractivity contribution in [2.75, 3.05) is 6.61 Å². The van der Waals surface area contributed by atoms with E-state index in [-0.39, 0.29) is 12.4 Å². The molecule has 1 atom stereocenters. The van der Waals surface area contributed by atoms with Gasteiger partial charge in [0.25, 0.3) is 0 Å². The Morgan fingerprint density at radius 1 is 1.42 bits per heavy atom. The first-order valence-electron chi connectivity index (χ1n) is 5.96. The van der Waals surface area contributed by atoms with Gasteiger partial charge >= 0.3 is 0 Å². The lowest BCUT2D eigenvalue weighted by Gasteiger charge is -2.26. The number of hydrogen-bond donors (Lipinski definition) is 2. The molecule has 0 amide bonds. The predicted molar refractivity (Wildman–Crippen MR) is 72.7 cm³/mol. The first-order chi connectivity index (χ1) is 8.86. The van der Waals surface area contributed by atoms with Crippen LogP contribution in [-0.4, -0.2) is 25.7 Å². The molecule has 0 saturated heterocycles. The number of rotatable bonds is 6. The smallest absolute Gasteiger partial charge is 0.216 e. The summed E-state index contributed by atoms with van der Waals surface area (Å²) in [7, 11) is -3.61.